The van der Waals surface area contributed by atoms with Crippen LogP contribution in [-0.4, -0.2) is 85.6 Å². The summed E-state index contributed by atoms with van der Waals surface area (Å²) in [4.78, 5) is 28.6. The van der Waals surface area contributed by atoms with Gasteiger partial charge in [0.15, 0.2) is 5.60 Å². The Kier molecular flexibility index (Phi) is 13.6. The molecule has 2 unspecified atom stereocenters. The number of amides is 1. The molecule has 5 rings (SSSR count). The van der Waals surface area contributed by atoms with E-state index in [1.54, 1.807) is 39.0 Å². The van der Waals surface area contributed by atoms with E-state index in [1.165, 1.54) is 0 Å². The maximum Gasteiger partial charge on any atom is 0.411 e. The number of nitrogens with zero attached hydrogens (tertiary/aromatic N) is 1. The van der Waals surface area contributed by atoms with Crippen molar-refractivity contribution in [2.45, 2.75) is 61.2 Å². The number of carbonyl (C=O) groups excluding carboxylic acids is 2. The number of hydrogen-bond acceptors (Lipinski definition) is 9. The van der Waals surface area contributed by atoms with Crippen LogP contribution in [0.3, 0.4) is 0 Å². The van der Waals surface area contributed by atoms with Crippen molar-refractivity contribution < 1.29 is 38.0 Å². The first kappa shape index (κ1) is 39.5. The molecule has 10 nitrogen and oxygen atoms in total. The monoisotopic (exact) mass is 774 g/mol. The quantitative estimate of drug-likeness (QED) is 0.0952. The highest BCUT2D eigenvalue weighted by molar-refractivity contribution is 6.68. The molecule has 0 spiro atoms. The molecular formula is C39H45Cl3N2O8. The number of piperazine rings is 1. The Bertz CT molecular complexity index is 1710. The lowest BCUT2D eigenvalue weighted by Gasteiger charge is -2.48. The summed E-state index contributed by atoms with van der Waals surface area (Å²) in [6.07, 6.45) is 0.610. The van der Waals surface area contributed by atoms with Crippen molar-refractivity contribution in [3.05, 3.63) is 95.1 Å². The fraction of sp³-hybridized carbons (Fsp3) is 0.436. The number of halogens is 3. The molecule has 2 aliphatic heterocycles. The van der Waals surface area contributed by atoms with Gasteiger partial charge in [0.05, 0.1) is 52.5 Å². The lowest BCUT2D eigenvalue weighted by atomic mass is 9.83. The van der Waals surface area contributed by atoms with Gasteiger partial charge in [-0.25, -0.2) is 4.79 Å². The third kappa shape index (κ3) is 9.85. The van der Waals surface area contributed by atoms with Crippen molar-refractivity contribution in [3.63, 3.8) is 0 Å². The number of benzene rings is 3. The number of para-hydroxylation sites is 2. The van der Waals surface area contributed by atoms with Crippen molar-refractivity contribution in [3.8, 4) is 17.2 Å². The van der Waals surface area contributed by atoms with Crippen molar-refractivity contribution >= 4 is 52.4 Å². The van der Waals surface area contributed by atoms with Crippen LogP contribution in [0.25, 0.3) is 5.57 Å². The zero-order chi connectivity index (χ0) is 37.3. The van der Waals surface area contributed by atoms with E-state index in [-0.39, 0.29) is 19.1 Å². The zero-order valence-corrected chi connectivity index (χ0v) is 32.1. The highest BCUT2D eigenvalue weighted by atomic mass is 35.6. The van der Waals surface area contributed by atoms with Gasteiger partial charge >= 0.3 is 12.1 Å². The van der Waals surface area contributed by atoms with Crippen LogP contribution in [0.1, 0.15) is 43.4 Å². The van der Waals surface area contributed by atoms with Crippen LogP contribution < -0.4 is 19.5 Å². The van der Waals surface area contributed by atoms with Gasteiger partial charge in [-0.3, -0.25) is 9.69 Å². The number of esters is 1. The molecule has 1 amide bonds. The highest BCUT2D eigenvalue weighted by Crippen LogP contribution is 2.42. The zero-order valence-electron chi connectivity index (χ0n) is 29.8. The van der Waals surface area contributed by atoms with Crippen molar-refractivity contribution in [1.82, 2.24) is 10.2 Å². The van der Waals surface area contributed by atoms with E-state index < -0.39 is 27.5 Å². The average Bonchev–Trinajstić information content (AvgIpc) is 3.12. The van der Waals surface area contributed by atoms with Crippen molar-refractivity contribution in [2.75, 3.05) is 47.1 Å². The van der Waals surface area contributed by atoms with E-state index in [4.69, 9.17) is 63.2 Å². The molecule has 13 heteroatoms. The summed E-state index contributed by atoms with van der Waals surface area (Å²) in [7, 11) is 3.21. The molecular weight excluding hydrogens is 731 g/mol. The second kappa shape index (κ2) is 17.9. The van der Waals surface area contributed by atoms with E-state index in [2.05, 4.69) is 5.32 Å². The number of alkyl halides is 3. The van der Waals surface area contributed by atoms with Gasteiger partial charge in [0.1, 0.15) is 23.9 Å². The third-order valence-electron chi connectivity index (χ3n) is 9.18. The molecule has 0 aromatic heterocycles. The molecule has 0 aliphatic carbocycles. The first-order chi connectivity index (χ1) is 24.9. The number of ether oxygens (including phenoxy) is 6. The van der Waals surface area contributed by atoms with Crippen LogP contribution in [0.2, 0.25) is 0 Å². The normalized spacial score (nSPS) is 17.4. The maximum atomic E-state index is 13.7. The molecule has 2 bridgehead atoms. The Morgan fingerprint density at radius 3 is 2.17 bits per heavy atom. The number of methoxy groups -OCH3 is 2. The molecule has 1 N–H and O–H groups in total. The van der Waals surface area contributed by atoms with E-state index in [1.807, 2.05) is 66.7 Å². The Labute approximate surface area is 320 Å². The number of rotatable bonds is 15. The Hall–Kier alpha value is -3.67. The third-order valence-corrected chi connectivity index (χ3v) is 10.5. The predicted molar refractivity (Wildman–Crippen MR) is 202 cm³/mol. The topological polar surface area (TPSA) is 105 Å². The van der Waals surface area contributed by atoms with Crippen LogP contribution in [0, 0.1) is 0 Å². The number of nitrogens with one attached hydrogen (secondary N) is 1. The molecule has 2 atom stereocenters. The first-order valence-electron chi connectivity index (χ1n) is 17.1. The second-order valence-electron chi connectivity index (χ2n) is 13.1. The van der Waals surface area contributed by atoms with Crippen LogP contribution in [0.15, 0.2) is 78.4 Å². The lowest BCUT2D eigenvalue weighted by molar-refractivity contribution is -0.142. The van der Waals surface area contributed by atoms with Gasteiger partial charge in [-0.2, -0.15) is 0 Å². The van der Waals surface area contributed by atoms with Crippen molar-refractivity contribution in [1.29, 1.82) is 0 Å². The van der Waals surface area contributed by atoms with E-state index >= 15 is 0 Å². The fourth-order valence-electron chi connectivity index (χ4n) is 6.28. The molecule has 2 aliphatic rings. The summed E-state index contributed by atoms with van der Waals surface area (Å²) >= 11 is 18.5. The van der Waals surface area contributed by atoms with Gasteiger partial charge in [0.2, 0.25) is 3.79 Å². The minimum absolute atomic E-state index is 0.0267. The largest absolute Gasteiger partial charge is 0.496 e. The van der Waals surface area contributed by atoms with Gasteiger partial charge in [-0.15, -0.1) is 0 Å². The molecule has 3 aromatic rings. The predicted octanol–water partition coefficient (Wildman–Crippen LogP) is 7.56. The van der Waals surface area contributed by atoms with Gasteiger partial charge in [-0.05, 0) is 61.2 Å². The number of hydrogen-bond donors (Lipinski definition) is 1. The van der Waals surface area contributed by atoms with Crippen LogP contribution in [-0.2, 0) is 32.0 Å². The van der Waals surface area contributed by atoms with Crippen LogP contribution in [0.4, 0.5) is 4.79 Å². The fourth-order valence-corrected chi connectivity index (χ4v) is 6.40. The summed E-state index contributed by atoms with van der Waals surface area (Å²) in [6, 6.07) is 22.2. The maximum absolute atomic E-state index is 13.7. The molecule has 0 radical (unpaired) electrons. The molecule has 3 aromatic carbocycles. The minimum atomic E-state index is -1.85. The molecule has 52 heavy (non-hydrogen) atoms. The number of carbonyl (C=O) groups is 2. The first-order valence-corrected chi connectivity index (χ1v) is 18.3. The lowest BCUT2D eigenvalue weighted by Crippen LogP contribution is -2.63. The summed E-state index contributed by atoms with van der Waals surface area (Å²) < 4.78 is 32.5. The van der Waals surface area contributed by atoms with Gasteiger partial charge in [-0.1, -0.05) is 83.3 Å². The molecule has 2 heterocycles. The van der Waals surface area contributed by atoms with E-state index in [0.29, 0.717) is 57.1 Å². The van der Waals surface area contributed by atoms with E-state index in [9.17, 15) is 9.59 Å². The smallest absolute Gasteiger partial charge is 0.411 e. The highest BCUT2D eigenvalue weighted by Gasteiger charge is 2.48. The summed E-state index contributed by atoms with van der Waals surface area (Å²) in [6.45, 7) is 5.51. The molecule has 1 fully saturated rings. The van der Waals surface area contributed by atoms with Gasteiger partial charge in [0, 0.05) is 30.6 Å². The molecule has 280 valence electrons. The summed E-state index contributed by atoms with van der Waals surface area (Å²) in [5.74, 6) is 1.70. The van der Waals surface area contributed by atoms with E-state index in [0.717, 1.165) is 33.8 Å². The Morgan fingerprint density at radius 2 is 1.50 bits per heavy atom. The Balaban J connectivity index is 1.30. The Morgan fingerprint density at radius 1 is 0.846 bits per heavy atom. The standard InChI is InChI=1S/C39H45Cl3N2O8/c1-38(2,39(40,41)42)52-37(46)44-29-21-31(32(33(44)23-43-22-29)25-51-36(45)20-27-10-5-7-12-34(27)47-3)26-14-16-30(17-15-26)50-19-9-18-49-24-28-11-6-8-13-35(28)48-4/h5-8,10-17,29,33,43H,9,18-25H2,1-4H3. The van der Waals surface area contributed by atoms with Gasteiger partial charge in [0.25, 0.3) is 0 Å². The SMILES string of the molecule is COc1ccccc1COCCCOc1ccc(C2=C(COC(=O)Cc3ccccc3OC)C3CNCC(C2)N3C(=O)OC(C)(C)C(Cl)(Cl)Cl)cc1. The average molecular weight is 776 g/mol. The second-order valence-corrected chi connectivity index (χ2v) is 15.3. The van der Waals surface area contributed by atoms with Crippen LogP contribution >= 0.6 is 34.8 Å². The van der Waals surface area contributed by atoms with Gasteiger partial charge < -0.3 is 33.7 Å². The van der Waals surface area contributed by atoms with Crippen molar-refractivity contribution in [2.24, 2.45) is 0 Å². The molecule has 1 saturated heterocycles. The molecule has 0 saturated carbocycles. The minimum Gasteiger partial charge on any atom is -0.496 e. The number of fused-ring (bicyclic) bond motifs is 2. The van der Waals surface area contributed by atoms with Crippen LogP contribution in [0.5, 0.6) is 17.2 Å². The summed E-state index contributed by atoms with van der Waals surface area (Å²) in [5, 5.41) is 3.42. The summed E-state index contributed by atoms with van der Waals surface area (Å²) in [5.41, 5.74) is 3.01.